The first-order chi connectivity index (χ1) is 13.7. The van der Waals surface area contributed by atoms with E-state index in [4.69, 9.17) is 0 Å². The Labute approximate surface area is 161 Å². The van der Waals surface area contributed by atoms with E-state index in [9.17, 15) is 9.59 Å². The van der Waals surface area contributed by atoms with Crippen LogP contribution >= 0.6 is 0 Å². The van der Waals surface area contributed by atoms with Crippen LogP contribution in [0.4, 0.5) is 0 Å². The third kappa shape index (κ3) is 2.89. The van der Waals surface area contributed by atoms with E-state index in [2.05, 4.69) is 21.0 Å². The highest BCUT2D eigenvalue weighted by Gasteiger charge is 2.37. The molecule has 0 spiro atoms. The molecular formula is C21H19N5O2. The summed E-state index contributed by atoms with van der Waals surface area (Å²) < 4.78 is 1.88. The molecule has 0 saturated carbocycles. The highest BCUT2D eigenvalue weighted by molar-refractivity contribution is 5.93. The van der Waals surface area contributed by atoms with Gasteiger partial charge in [0.25, 0.3) is 11.5 Å². The fraction of sp³-hybridized carbons (Fsp3) is 0.286. The van der Waals surface area contributed by atoms with Gasteiger partial charge in [0.1, 0.15) is 6.33 Å². The maximum atomic E-state index is 12.9. The molecule has 0 aromatic carbocycles. The van der Waals surface area contributed by atoms with Crippen LogP contribution in [0.5, 0.6) is 0 Å². The fourth-order valence-electron chi connectivity index (χ4n) is 4.42. The summed E-state index contributed by atoms with van der Waals surface area (Å²) in [5.74, 6) is 0.377. The average Bonchev–Trinajstić information content (AvgIpc) is 2.75. The zero-order valence-corrected chi connectivity index (χ0v) is 15.2. The maximum absolute atomic E-state index is 12.9. The number of amides is 1. The molecule has 5 heterocycles. The van der Waals surface area contributed by atoms with Crippen LogP contribution in [-0.4, -0.2) is 43.4 Å². The Balaban J connectivity index is 1.50. The van der Waals surface area contributed by atoms with Gasteiger partial charge >= 0.3 is 0 Å². The lowest BCUT2D eigenvalue weighted by molar-refractivity contribution is 0.0594. The minimum absolute atomic E-state index is 0.0160. The summed E-state index contributed by atoms with van der Waals surface area (Å²) in [5, 5.41) is 0. The van der Waals surface area contributed by atoms with Gasteiger partial charge in [0.15, 0.2) is 0 Å². The summed E-state index contributed by atoms with van der Waals surface area (Å²) in [4.78, 5) is 39.6. The van der Waals surface area contributed by atoms with Gasteiger partial charge in [-0.05, 0) is 30.0 Å². The molecule has 0 unspecified atom stereocenters. The highest BCUT2D eigenvalue weighted by Crippen LogP contribution is 2.36. The fourth-order valence-corrected chi connectivity index (χ4v) is 4.42. The molecule has 2 bridgehead atoms. The first-order valence-corrected chi connectivity index (χ1v) is 9.38. The van der Waals surface area contributed by atoms with Gasteiger partial charge in [0.2, 0.25) is 0 Å². The van der Waals surface area contributed by atoms with E-state index in [1.165, 1.54) is 6.33 Å². The number of piperidine rings is 1. The number of hydrogen-bond acceptors (Lipinski definition) is 5. The summed E-state index contributed by atoms with van der Waals surface area (Å²) in [6.07, 6.45) is 9.01. The van der Waals surface area contributed by atoms with Gasteiger partial charge in [-0.2, -0.15) is 0 Å². The van der Waals surface area contributed by atoms with Crippen LogP contribution < -0.4 is 5.56 Å². The van der Waals surface area contributed by atoms with Gasteiger partial charge < -0.3 is 9.47 Å². The smallest absolute Gasteiger partial charge is 0.257 e. The third-order valence-electron chi connectivity index (χ3n) is 5.65. The van der Waals surface area contributed by atoms with Crippen molar-refractivity contribution in [1.82, 2.24) is 24.4 Å². The van der Waals surface area contributed by atoms with Crippen LogP contribution in [0, 0.1) is 5.92 Å². The van der Waals surface area contributed by atoms with Crippen LogP contribution in [0.1, 0.15) is 28.4 Å². The van der Waals surface area contributed by atoms with Crippen molar-refractivity contribution in [2.45, 2.75) is 18.9 Å². The molecule has 2 aliphatic heterocycles. The molecule has 2 atom stereocenters. The minimum atomic E-state index is -0.0467. The lowest BCUT2D eigenvalue weighted by Crippen LogP contribution is -2.49. The molecule has 2 aliphatic rings. The summed E-state index contributed by atoms with van der Waals surface area (Å²) >= 11 is 0. The van der Waals surface area contributed by atoms with E-state index in [1.807, 2.05) is 21.6 Å². The van der Waals surface area contributed by atoms with E-state index in [0.29, 0.717) is 25.2 Å². The normalized spacial score (nSPS) is 20.5. The van der Waals surface area contributed by atoms with Crippen LogP contribution in [-0.2, 0) is 6.54 Å². The maximum Gasteiger partial charge on any atom is 0.257 e. The molecule has 7 heteroatoms. The number of rotatable bonds is 2. The molecule has 1 saturated heterocycles. The van der Waals surface area contributed by atoms with Crippen molar-refractivity contribution in [3.8, 4) is 11.1 Å². The van der Waals surface area contributed by atoms with E-state index in [0.717, 1.165) is 23.2 Å². The second-order valence-corrected chi connectivity index (χ2v) is 7.50. The van der Waals surface area contributed by atoms with Gasteiger partial charge in [-0.15, -0.1) is 0 Å². The lowest BCUT2D eigenvalue weighted by Gasteiger charge is -2.42. The van der Waals surface area contributed by atoms with Crippen molar-refractivity contribution in [1.29, 1.82) is 0 Å². The Morgan fingerprint density at radius 2 is 1.86 bits per heavy atom. The van der Waals surface area contributed by atoms with Gasteiger partial charge in [-0.1, -0.05) is 6.07 Å². The SMILES string of the molecule is O=C(c1cncnc1)N1C[C@@H]2C[C@H](C1)c1cc(-c3cccnc3)cc(=O)n1C2. The molecule has 7 nitrogen and oxygen atoms in total. The Morgan fingerprint density at radius 1 is 1.00 bits per heavy atom. The molecule has 0 N–H and O–H groups in total. The van der Waals surface area contributed by atoms with Crippen molar-refractivity contribution in [2.24, 2.45) is 5.92 Å². The quantitative estimate of drug-likeness (QED) is 0.686. The molecule has 28 heavy (non-hydrogen) atoms. The number of pyridine rings is 2. The first-order valence-electron chi connectivity index (χ1n) is 9.38. The van der Waals surface area contributed by atoms with Gasteiger partial charge in [0, 0.05) is 67.7 Å². The lowest BCUT2D eigenvalue weighted by atomic mass is 9.82. The average molecular weight is 373 g/mol. The zero-order chi connectivity index (χ0) is 19.1. The number of hydrogen-bond donors (Lipinski definition) is 0. The van der Waals surface area contributed by atoms with E-state index in [-0.39, 0.29) is 23.3 Å². The van der Waals surface area contributed by atoms with Gasteiger partial charge in [-0.25, -0.2) is 9.97 Å². The molecule has 1 amide bonds. The Kier molecular flexibility index (Phi) is 4.00. The number of carbonyl (C=O) groups excluding carboxylic acids is 1. The van der Waals surface area contributed by atoms with E-state index in [1.54, 1.807) is 30.9 Å². The predicted molar refractivity (Wildman–Crippen MR) is 103 cm³/mol. The second-order valence-electron chi connectivity index (χ2n) is 7.50. The van der Waals surface area contributed by atoms with Gasteiger partial charge in [-0.3, -0.25) is 14.6 Å². The number of fused-ring (bicyclic) bond motifs is 4. The summed E-state index contributed by atoms with van der Waals surface area (Å²) in [5.41, 5.74) is 3.33. The minimum Gasteiger partial charge on any atom is -0.338 e. The Morgan fingerprint density at radius 3 is 2.64 bits per heavy atom. The van der Waals surface area contributed by atoms with E-state index < -0.39 is 0 Å². The monoisotopic (exact) mass is 373 g/mol. The molecule has 1 fully saturated rings. The Bertz CT molecular complexity index is 1080. The highest BCUT2D eigenvalue weighted by atomic mass is 16.2. The van der Waals surface area contributed by atoms with E-state index >= 15 is 0 Å². The van der Waals surface area contributed by atoms with Crippen LogP contribution in [0.2, 0.25) is 0 Å². The number of likely N-dealkylation sites (tertiary alicyclic amines) is 1. The number of carbonyl (C=O) groups is 1. The molecule has 0 aliphatic carbocycles. The number of nitrogens with zero attached hydrogens (tertiary/aromatic N) is 5. The van der Waals surface area contributed by atoms with Crippen molar-refractivity contribution in [3.05, 3.63) is 77.0 Å². The standard InChI is InChI=1S/C21H19N5O2/c27-20-6-16(15-2-1-3-22-7-15)5-19-17-4-14(11-26(19)20)10-25(12-17)21(28)18-8-23-13-24-9-18/h1-3,5-9,13-14,17H,4,10-12H2/t14-,17+/m0/s1. The Hall–Kier alpha value is -3.35. The molecule has 0 radical (unpaired) electrons. The largest absolute Gasteiger partial charge is 0.338 e. The predicted octanol–water partition coefficient (Wildman–Crippen LogP) is 1.96. The zero-order valence-electron chi connectivity index (χ0n) is 15.2. The van der Waals surface area contributed by atoms with Crippen molar-refractivity contribution in [2.75, 3.05) is 13.1 Å². The molecule has 5 rings (SSSR count). The van der Waals surface area contributed by atoms with Crippen LogP contribution in [0.3, 0.4) is 0 Å². The first kappa shape index (κ1) is 16.8. The summed E-state index contributed by atoms with van der Waals surface area (Å²) in [6.45, 7) is 1.90. The molecular weight excluding hydrogens is 354 g/mol. The summed E-state index contributed by atoms with van der Waals surface area (Å²) in [7, 11) is 0. The van der Waals surface area contributed by atoms with Crippen LogP contribution in [0.15, 0.2) is 60.2 Å². The van der Waals surface area contributed by atoms with Gasteiger partial charge in [0.05, 0.1) is 5.56 Å². The van der Waals surface area contributed by atoms with Crippen molar-refractivity contribution in [3.63, 3.8) is 0 Å². The topological polar surface area (TPSA) is 81.0 Å². The van der Waals surface area contributed by atoms with Crippen molar-refractivity contribution >= 4 is 5.91 Å². The summed E-state index contributed by atoms with van der Waals surface area (Å²) in [6, 6.07) is 7.59. The van der Waals surface area contributed by atoms with Crippen LogP contribution in [0.25, 0.3) is 11.1 Å². The molecule has 140 valence electrons. The number of aromatic nitrogens is 4. The molecule has 3 aromatic rings. The molecule has 3 aromatic heterocycles. The van der Waals surface area contributed by atoms with Crippen molar-refractivity contribution < 1.29 is 4.79 Å². The third-order valence-corrected chi connectivity index (χ3v) is 5.65. The second kappa shape index (κ2) is 6.67.